The van der Waals surface area contributed by atoms with Crippen LogP contribution >= 0.6 is 11.6 Å². The van der Waals surface area contributed by atoms with Crippen molar-refractivity contribution >= 4 is 17.3 Å². The zero-order chi connectivity index (χ0) is 10.5. The third-order valence-electron chi connectivity index (χ3n) is 2.12. The van der Waals surface area contributed by atoms with Gasteiger partial charge in [-0.15, -0.1) is 0 Å². The fourth-order valence-electron chi connectivity index (χ4n) is 1.30. The van der Waals surface area contributed by atoms with Crippen LogP contribution in [-0.2, 0) is 0 Å². The van der Waals surface area contributed by atoms with Gasteiger partial charge in [-0.05, 0) is 42.3 Å². The number of allylic oxidation sites excluding steroid dienone is 5. The summed E-state index contributed by atoms with van der Waals surface area (Å²) in [6.45, 7) is 0. The lowest BCUT2D eigenvalue weighted by molar-refractivity contribution is 1.24. The first-order valence-electron chi connectivity index (χ1n) is 4.80. The van der Waals surface area contributed by atoms with Gasteiger partial charge in [0.2, 0.25) is 0 Å². The predicted molar refractivity (Wildman–Crippen MR) is 64.7 cm³/mol. The lowest BCUT2D eigenvalue weighted by Gasteiger charge is -2.04. The molecule has 0 bridgehead atoms. The Balaban J connectivity index is 2.01. The standard InChI is InChI=1S/C13H11ClN/c14-12-6-8-13(9-7-12)15-10-11-4-2-1-3-5-11/h2-4,6-10,15H,5H2. The molecule has 1 aromatic carbocycles. The maximum atomic E-state index is 5.79. The van der Waals surface area contributed by atoms with Crippen molar-refractivity contribution < 1.29 is 0 Å². The van der Waals surface area contributed by atoms with Crippen LogP contribution in [0.2, 0.25) is 5.02 Å². The largest absolute Gasteiger partial charge is 0.361 e. The van der Waals surface area contributed by atoms with Gasteiger partial charge in [0.25, 0.3) is 0 Å². The van der Waals surface area contributed by atoms with Crippen LogP contribution in [-0.4, -0.2) is 0 Å². The third kappa shape index (κ3) is 3.00. The smallest absolute Gasteiger partial charge is 0.0407 e. The molecule has 0 spiro atoms. The molecule has 2 rings (SSSR count). The summed E-state index contributed by atoms with van der Waals surface area (Å²) in [5.41, 5.74) is 2.28. The summed E-state index contributed by atoms with van der Waals surface area (Å²) in [6.07, 6.45) is 11.9. The van der Waals surface area contributed by atoms with E-state index in [9.17, 15) is 0 Å². The molecule has 0 saturated carbocycles. The number of nitrogens with one attached hydrogen (secondary N) is 1. The van der Waals surface area contributed by atoms with Gasteiger partial charge in [-0.3, -0.25) is 0 Å². The Hall–Kier alpha value is -1.47. The van der Waals surface area contributed by atoms with E-state index in [2.05, 4.69) is 11.4 Å². The molecule has 2 heteroatoms. The summed E-state index contributed by atoms with van der Waals surface area (Å²) >= 11 is 5.79. The van der Waals surface area contributed by atoms with Crippen molar-refractivity contribution in [1.29, 1.82) is 0 Å². The molecule has 0 aromatic heterocycles. The van der Waals surface area contributed by atoms with E-state index < -0.39 is 0 Å². The zero-order valence-electron chi connectivity index (χ0n) is 8.20. The molecular formula is C13H11ClN. The topological polar surface area (TPSA) is 12.0 Å². The number of rotatable bonds is 2. The van der Waals surface area contributed by atoms with Gasteiger partial charge in [0.05, 0.1) is 0 Å². The fraction of sp³-hybridized carbons (Fsp3) is 0.0769. The molecule has 0 amide bonds. The van der Waals surface area contributed by atoms with Crippen LogP contribution in [0.3, 0.4) is 0 Å². The van der Waals surface area contributed by atoms with Crippen molar-refractivity contribution in [3.8, 4) is 0 Å². The molecule has 1 N–H and O–H groups in total. The van der Waals surface area contributed by atoms with E-state index in [1.54, 1.807) is 0 Å². The SMILES string of the molecule is Clc1ccc(NC=C2C=C[C]=CC2)cc1. The molecule has 1 radical (unpaired) electrons. The molecule has 0 saturated heterocycles. The monoisotopic (exact) mass is 216 g/mol. The summed E-state index contributed by atoms with van der Waals surface area (Å²) < 4.78 is 0. The van der Waals surface area contributed by atoms with Crippen LogP contribution < -0.4 is 5.32 Å². The Bertz CT molecular complexity index is 413. The van der Waals surface area contributed by atoms with E-state index >= 15 is 0 Å². The van der Waals surface area contributed by atoms with Crippen molar-refractivity contribution in [2.24, 2.45) is 0 Å². The van der Waals surface area contributed by atoms with Gasteiger partial charge in [-0.2, -0.15) is 0 Å². The molecule has 0 unspecified atom stereocenters. The second-order valence-corrected chi connectivity index (χ2v) is 3.72. The van der Waals surface area contributed by atoms with Crippen LogP contribution in [0.15, 0.2) is 54.3 Å². The first kappa shape index (κ1) is 10.1. The van der Waals surface area contributed by atoms with E-state index in [0.29, 0.717) is 0 Å². The van der Waals surface area contributed by atoms with Crippen molar-refractivity contribution in [2.75, 3.05) is 5.32 Å². The first-order valence-corrected chi connectivity index (χ1v) is 5.18. The maximum Gasteiger partial charge on any atom is 0.0407 e. The predicted octanol–water partition coefficient (Wildman–Crippen LogP) is 3.96. The van der Waals surface area contributed by atoms with E-state index in [4.69, 9.17) is 11.6 Å². The van der Waals surface area contributed by atoms with Gasteiger partial charge >= 0.3 is 0 Å². The summed E-state index contributed by atoms with van der Waals surface area (Å²) in [5.74, 6) is 0. The quantitative estimate of drug-likeness (QED) is 0.789. The van der Waals surface area contributed by atoms with Crippen molar-refractivity contribution in [3.63, 3.8) is 0 Å². The minimum Gasteiger partial charge on any atom is -0.361 e. The maximum absolute atomic E-state index is 5.79. The summed E-state index contributed by atoms with van der Waals surface area (Å²) in [6, 6.07) is 7.64. The number of halogens is 1. The molecule has 1 aromatic rings. The van der Waals surface area contributed by atoms with Crippen LogP contribution in [0.1, 0.15) is 6.42 Å². The molecule has 0 fully saturated rings. The highest BCUT2D eigenvalue weighted by Crippen LogP contribution is 2.15. The average Bonchev–Trinajstić information content (AvgIpc) is 2.30. The van der Waals surface area contributed by atoms with E-state index in [0.717, 1.165) is 17.1 Å². The number of hydrogen-bond donors (Lipinski definition) is 1. The summed E-state index contributed by atoms with van der Waals surface area (Å²) in [5, 5.41) is 3.97. The van der Waals surface area contributed by atoms with Crippen molar-refractivity contribution in [1.82, 2.24) is 0 Å². The van der Waals surface area contributed by atoms with Crippen molar-refractivity contribution in [3.05, 3.63) is 65.4 Å². The van der Waals surface area contributed by atoms with Gasteiger partial charge in [0.1, 0.15) is 0 Å². The van der Waals surface area contributed by atoms with Gasteiger partial charge in [-0.1, -0.05) is 29.8 Å². The summed E-state index contributed by atoms with van der Waals surface area (Å²) in [7, 11) is 0. The minimum atomic E-state index is 0.753. The Morgan fingerprint density at radius 1 is 1.27 bits per heavy atom. The van der Waals surface area contributed by atoms with Gasteiger partial charge in [0, 0.05) is 16.9 Å². The Morgan fingerprint density at radius 2 is 2.07 bits per heavy atom. The summed E-state index contributed by atoms with van der Waals surface area (Å²) in [4.78, 5) is 0. The molecule has 1 nitrogen and oxygen atoms in total. The second-order valence-electron chi connectivity index (χ2n) is 3.28. The van der Waals surface area contributed by atoms with E-state index in [1.807, 2.05) is 48.7 Å². The van der Waals surface area contributed by atoms with Gasteiger partial charge in [0.15, 0.2) is 0 Å². The van der Waals surface area contributed by atoms with Crippen LogP contribution in [0.25, 0.3) is 0 Å². The molecule has 0 aliphatic heterocycles. The average molecular weight is 217 g/mol. The minimum absolute atomic E-state index is 0.753. The van der Waals surface area contributed by atoms with Crippen LogP contribution in [0.4, 0.5) is 5.69 Å². The third-order valence-corrected chi connectivity index (χ3v) is 2.37. The highest BCUT2D eigenvalue weighted by Gasteiger charge is 1.94. The zero-order valence-corrected chi connectivity index (χ0v) is 8.96. The number of benzene rings is 1. The second kappa shape index (κ2) is 4.85. The van der Waals surface area contributed by atoms with E-state index in [-0.39, 0.29) is 0 Å². The molecule has 1 aliphatic rings. The molecular weight excluding hydrogens is 206 g/mol. The highest BCUT2D eigenvalue weighted by atomic mass is 35.5. The molecule has 1 aliphatic carbocycles. The van der Waals surface area contributed by atoms with Gasteiger partial charge < -0.3 is 5.32 Å². The Labute approximate surface area is 94.8 Å². The van der Waals surface area contributed by atoms with Crippen LogP contribution in [0, 0.1) is 6.08 Å². The Kier molecular flexibility index (Phi) is 3.25. The number of anilines is 1. The van der Waals surface area contributed by atoms with Crippen molar-refractivity contribution in [2.45, 2.75) is 6.42 Å². The van der Waals surface area contributed by atoms with Crippen LogP contribution in [0.5, 0.6) is 0 Å². The molecule has 0 heterocycles. The highest BCUT2D eigenvalue weighted by molar-refractivity contribution is 6.30. The Morgan fingerprint density at radius 3 is 2.73 bits per heavy atom. The lowest BCUT2D eigenvalue weighted by atomic mass is 10.1. The normalized spacial score (nSPS) is 17.0. The lowest BCUT2D eigenvalue weighted by Crippen LogP contribution is -1.91. The van der Waals surface area contributed by atoms with Gasteiger partial charge in [-0.25, -0.2) is 0 Å². The molecule has 0 atom stereocenters. The van der Waals surface area contributed by atoms with E-state index in [1.165, 1.54) is 5.57 Å². The number of hydrogen-bond acceptors (Lipinski definition) is 1. The first-order chi connectivity index (χ1) is 7.34. The fourth-order valence-corrected chi connectivity index (χ4v) is 1.42. The molecule has 15 heavy (non-hydrogen) atoms. The molecule has 75 valence electrons.